The van der Waals surface area contributed by atoms with E-state index in [1.165, 1.54) is 15.9 Å². The second kappa shape index (κ2) is 4.89. The van der Waals surface area contributed by atoms with Gasteiger partial charge in [-0.3, -0.25) is 5.14 Å². The van der Waals surface area contributed by atoms with Gasteiger partial charge in [-0.2, -0.15) is 10.2 Å². The summed E-state index contributed by atoms with van der Waals surface area (Å²) in [4.78, 5) is 0. The molecule has 0 bridgehead atoms. The number of nitrogens with two attached hydrogens (primary N) is 1. The second-order valence-electron chi connectivity index (χ2n) is 5.73. The maximum Gasteiger partial charge on any atom is 0.0190 e. The van der Waals surface area contributed by atoms with E-state index in [-0.39, 0.29) is 0 Å². The zero-order valence-corrected chi connectivity index (χ0v) is 13.4. The molecule has 0 aromatic heterocycles. The standard InChI is InChI=1S/C10H29NS3/c1-8-13(5,6)10-14(7,11)9-12(2,3)4/h8-11H2,1-7H3. The summed E-state index contributed by atoms with van der Waals surface area (Å²) in [6, 6.07) is 0. The highest BCUT2D eigenvalue weighted by atomic mass is 32.3. The second-order valence-corrected chi connectivity index (χ2v) is 18.6. The Morgan fingerprint density at radius 3 is 1.57 bits per heavy atom. The Bertz CT molecular complexity index is 182. The first kappa shape index (κ1) is 15.0. The Labute approximate surface area is 95.7 Å². The van der Waals surface area contributed by atoms with Crippen molar-refractivity contribution < 1.29 is 0 Å². The van der Waals surface area contributed by atoms with Gasteiger partial charge in [-0.15, -0.1) is 0 Å². The summed E-state index contributed by atoms with van der Waals surface area (Å²) in [5, 5.41) is 9.06. The van der Waals surface area contributed by atoms with Crippen molar-refractivity contribution in [2.24, 2.45) is 5.14 Å². The van der Waals surface area contributed by atoms with Crippen molar-refractivity contribution in [1.29, 1.82) is 0 Å². The third kappa shape index (κ3) is 7.32. The first-order valence-electron chi connectivity index (χ1n) is 4.84. The molecule has 0 radical (unpaired) electrons. The maximum atomic E-state index is 6.49. The zero-order chi connectivity index (χ0) is 11.6. The van der Waals surface area contributed by atoms with Gasteiger partial charge >= 0.3 is 0 Å². The average molecular weight is 260 g/mol. The van der Waals surface area contributed by atoms with Crippen LogP contribution in [-0.2, 0) is 0 Å². The van der Waals surface area contributed by atoms with Crippen LogP contribution >= 0.6 is 30.3 Å². The predicted molar refractivity (Wildman–Crippen MR) is 82.8 cm³/mol. The monoisotopic (exact) mass is 259 g/mol. The van der Waals surface area contributed by atoms with Crippen LogP contribution in [0.5, 0.6) is 0 Å². The van der Waals surface area contributed by atoms with Gasteiger partial charge in [-0.05, 0) is 43.3 Å². The molecule has 0 aromatic carbocycles. The summed E-state index contributed by atoms with van der Waals surface area (Å²) in [5.41, 5.74) is 0. The Morgan fingerprint density at radius 1 is 0.857 bits per heavy atom. The van der Waals surface area contributed by atoms with Gasteiger partial charge in [0, 0.05) is 10.2 Å². The summed E-state index contributed by atoms with van der Waals surface area (Å²) >= 11 is 0. The highest BCUT2D eigenvalue weighted by Crippen LogP contribution is 2.58. The van der Waals surface area contributed by atoms with Gasteiger partial charge in [0.2, 0.25) is 0 Å². The third-order valence-corrected chi connectivity index (χ3v) is 13.2. The minimum atomic E-state index is -0.835. The lowest BCUT2D eigenvalue weighted by Gasteiger charge is -2.46. The quantitative estimate of drug-likeness (QED) is 0.807. The van der Waals surface area contributed by atoms with Gasteiger partial charge in [-0.25, -0.2) is 20.1 Å². The van der Waals surface area contributed by atoms with Crippen molar-refractivity contribution in [3.8, 4) is 0 Å². The fourth-order valence-electron chi connectivity index (χ4n) is 1.65. The van der Waals surface area contributed by atoms with E-state index in [2.05, 4.69) is 44.5 Å². The molecule has 1 atom stereocenters. The molecule has 92 valence electrons. The molecule has 0 spiro atoms. The number of hydrogen-bond donors (Lipinski definition) is 1. The van der Waals surface area contributed by atoms with Gasteiger partial charge in [0.1, 0.15) is 0 Å². The van der Waals surface area contributed by atoms with E-state index in [1.54, 1.807) is 0 Å². The average Bonchev–Trinajstić information content (AvgIpc) is 1.78. The summed E-state index contributed by atoms with van der Waals surface area (Å²) in [6.07, 6.45) is 14.3. The van der Waals surface area contributed by atoms with Crippen LogP contribution in [0.3, 0.4) is 0 Å². The zero-order valence-electron chi connectivity index (χ0n) is 10.9. The first-order chi connectivity index (χ1) is 5.97. The molecule has 0 aliphatic rings. The Morgan fingerprint density at radius 2 is 1.29 bits per heavy atom. The molecular formula is C10H29NS3. The van der Waals surface area contributed by atoms with Gasteiger partial charge in [0.25, 0.3) is 0 Å². The van der Waals surface area contributed by atoms with Crippen LogP contribution in [0.25, 0.3) is 0 Å². The molecule has 4 heteroatoms. The molecule has 0 aromatic rings. The molecule has 2 N–H and O–H groups in total. The van der Waals surface area contributed by atoms with Crippen molar-refractivity contribution in [1.82, 2.24) is 0 Å². The van der Waals surface area contributed by atoms with Gasteiger partial charge in [-0.1, -0.05) is 6.92 Å². The van der Waals surface area contributed by atoms with E-state index in [1.807, 2.05) is 0 Å². The third-order valence-electron chi connectivity index (χ3n) is 1.99. The highest BCUT2D eigenvalue weighted by Gasteiger charge is 2.23. The summed E-state index contributed by atoms with van der Waals surface area (Å²) in [5.74, 6) is 1.31. The molecule has 0 saturated carbocycles. The molecule has 0 amide bonds. The fraction of sp³-hybridized carbons (Fsp3) is 1.00. The molecule has 0 saturated heterocycles. The molecule has 0 fully saturated rings. The SMILES string of the molecule is CCS(C)(C)CS(C)(N)CS(C)(C)C. The fourth-order valence-corrected chi connectivity index (χ4v) is 15.5. The van der Waals surface area contributed by atoms with Crippen LogP contribution in [0.2, 0.25) is 0 Å². The largest absolute Gasteiger partial charge is 0.293 e. The molecule has 0 heterocycles. The van der Waals surface area contributed by atoms with Crippen LogP contribution in [0.15, 0.2) is 0 Å². The van der Waals surface area contributed by atoms with Gasteiger partial charge in [0.05, 0.1) is 0 Å². The molecule has 0 rings (SSSR count). The van der Waals surface area contributed by atoms with Crippen LogP contribution < -0.4 is 5.14 Å². The van der Waals surface area contributed by atoms with Crippen LogP contribution in [0, 0.1) is 0 Å². The lowest BCUT2D eigenvalue weighted by Crippen LogP contribution is -2.23. The Kier molecular flexibility index (Phi) is 5.25. The Balaban J connectivity index is 4.35. The van der Waals surface area contributed by atoms with E-state index < -0.39 is 30.3 Å². The van der Waals surface area contributed by atoms with E-state index in [0.717, 1.165) is 0 Å². The first-order valence-corrected chi connectivity index (χ1v) is 13.1. The molecule has 1 unspecified atom stereocenters. The van der Waals surface area contributed by atoms with E-state index in [9.17, 15) is 0 Å². The smallest absolute Gasteiger partial charge is 0.0190 e. The van der Waals surface area contributed by atoms with Crippen LogP contribution in [0.1, 0.15) is 6.92 Å². The van der Waals surface area contributed by atoms with E-state index in [4.69, 9.17) is 5.14 Å². The molecule has 0 aliphatic heterocycles. The Hall–Kier alpha value is 1.01. The lowest BCUT2D eigenvalue weighted by molar-refractivity contribution is 1.48. The van der Waals surface area contributed by atoms with Crippen LogP contribution in [-0.4, -0.2) is 53.5 Å². The van der Waals surface area contributed by atoms with Crippen molar-refractivity contribution >= 4 is 30.3 Å². The predicted octanol–water partition coefficient (Wildman–Crippen LogP) is 2.99. The highest BCUT2D eigenvalue weighted by molar-refractivity contribution is 8.53. The van der Waals surface area contributed by atoms with E-state index in [0.29, 0.717) is 0 Å². The summed E-state index contributed by atoms with van der Waals surface area (Å²) in [7, 11) is -1.70. The topological polar surface area (TPSA) is 26.0 Å². The van der Waals surface area contributed by atoms with Crippen molar-refractivity contribution in [2.75, 3.05) is 53.5 Å². The van der Waals surface area contributed by atoms with Crippen molar-refractivity contribution in [3.63, 3.8) is 0 Å². The normalized spacial score (nSPS) is 22.6. The number of rotatable bonds is 5. The summed E-state index contributed by atoms with van der Waals surface area (Å²) < 4.78 is 0. The van der Waals surface area contributed by atoms with Crippen molar-refractivity contribution in [3.05, 3.63) is 0 Å². The minimum Gasteiger partial charge on any atom is -0.293 e. The molecular weight excluding hydrogens is 230 g/mol. The van der Waals surface area contributed by atoms with E-state index >= 15 is 0 Å². The van der Waals surface area contributed by atoms with Gasteiger partial charge < -0.3 is 0 Å². The van der Waals surface area contributed by atoms with Crippen molar-refractivity contribution in [2.45, 2.75) is 6.92 Å². The maximum absolute atomic E-state index is 6.49. The molecule has 14 heavy (non-hydrogen) atoms. The number of hydrogen-bond acceptors (Lipinski definition) is 1. The molecule has 1 nitrogen and oxygen atoms in total. The van der Waals surface area contributed by atoms with Crippen LogP contribution in [0.4, 0.5) is 0 Å². The summed E-state index contributed by atoms with van der Waals surface area (Å²) in [6.45, 7) is 2.30. The minimum absolute atomic E-state index is 0.424. The lowest BCUT2D eigenvalue weighted by atomic mass is 11.0. The molecule has 0 aliphatic carbocycles. The van der Waals surface area contributed by atoms with Gasteiger partial charge in [0.15, 0.2) is 0 Å².